The summed E-state index contributed by atoms with van der Waals surface area (Å²) in [6, 6.07) is 0. The van der Waals surface area contributed by atoms with E-state index in [0.717, 1.165) is 25.3 Å². The predicted molar refractivity (Wildman–Crippen MR) is 59.6 cm³/mol. The first-order valence-electron chi connectivity index (χ1n) is 5.64. The largest absolute Gasteiger partial charge is 0.396 e. The Morgan fingerprint density at radius 2 is 1.93 bits per heavy atom. The van der Waals surface area contributed by atoms with Gasteiger partial charge in [0.15, 0.2) is 0 Å². The molecule has 0 aromatic heterocycles. The van der Waals surface area contributed by atoms with Crippen LogP contribution in [0.5, 0.6) is 0 Å². The molecule has 0 radical (unpaired) electrons. The van der Waals surface area contributed by atoms with E-state index in [0.29, 0.717) is 0 Å². The molecule has 0 aromatic carbocycles. The summed E-state index contributed by atoms with van der Waals surface area (Å²) < 4.78 is 0. The number of rotatable bonds is 5. The molecule has 1 fully saturated rings. The van der Waals surface area contributed by atoms with Gasteiger partial charge in [0.2, 0.25) is 0 Å². The van der Waals surface area contributed by atoms with E-state index in [1.165, 1.54) is 32.4 Å². The minimum absolute atomic E-state index is 0.752. The summed E-state index contributed by atoms with van der Waals surface area (Å²) in [6.07, 6.45) is 5.24. The molecular weight excluding hydrogens is 176 g/mol. The zero-order chi connectivity index (χ0) is 10.2. The zero-order valence-electron chi connectivity index (χ0n) is 9.46. The van der Waals surface area contributed by atoms with Gasteiger partial charge in [-0.3, -0.25) is 0 Å². The van der Waals surface area contributed by atoms with Gasteiger partial charge in [-0.2, -0.15) is 0 Å². The van der Waals surface area contributed by atoms with Crippen molar-refractivity contribution in [1.29, 1.82) is 0 Å². The Morgan fingerprint density at radius 3 is 2.57 bits per heavy atom. The quantitative estimate of drug-likeness (QED) is 0.384. The first-order chi connectivity index (χ1) is 6.79. The average Bonchev–Trinajstić information content (AvgIpc) is 2.18. The molecule has 1 saturated heterocycles. The fraction of sp³-hybridized carbons (Fsp3) is 0.909. The van der Waals surface area contributed by atoms with Crippen molar-refractivity contribution >= 4 is 5.71 Å². The van der Waals surface area contributed by atoms with E-state index < -0.39 is 0 Å². The normalized spacial score (nSPS) is 17.9. The van der Waals surface area contributed by atoms with Crippen LogP contribution in [-0.4, -0.2) is 36.9 Å². The van der Waals surface area contributed by atoms with Crippen molar-refractivity contribution < 1.29 is 4.84 Å². The van der Waals surface area contributed by atoms with E-state index in [1.54, 1.807) is 0 Å². The fourth-order valence-electron chi connectivity index (χ4n) is 1.71. The fourth-order valence-corrected chi connectivity index (χ4v) is 1.71. The van der Waals surface area contributed by atoms with Crippen LogP contribution in [0.25, 0.3) is 0 Å². The van der Waals surface area contributed by atoms with Crippen molar-refractivity contribution in [2.24, 2.45) is 5.16 Å². The Balaban J connectivity index is 1.95. The van der Waals surface area contributed by atoms with Gasteiger partial charge in [-0.05, 0) is 46.2 Å². The maximum absolute atomic E-state index is 5.15. The van der Waals surface area contributed by atoms with Crippen LogP contribution in [-0.2, 0) is 4.84 Å². The van der Waals surface area contributed by atoms with Crippen molar-refractivity contribution in [1.82, 2.24) is 4.90 Å². The SMILES string of the molecule is CC(C)=NOCCCN1CCCCC1. The lowest BCUT2D eigenvalue weighted by Crippen LogP contribution is -2.31. The highest BCUT2D eigenvalue weighted by molar-refractivity contribution is 5.78. The molecule has 0 spiro atoms. The molecule has 1 rings (SSSR count). The van der Waals surface area contributed by atoms with Crippen LogP contribution in [0.1, 0.15) is 39.5 Å². The highest BCUT2D eigenvalue weighted by Gasteiger charge is 2.08. The molecule has 1 heterocycles. The van der Waals surface area contributed by atoms with Crippen molar-refractivity contribution in [3.8, 4) is 0 Å². The highest BCUT2D eigenvalue weighted by Crippen LogP contribution is 2.08. The lowest BCUT2D eigenvalue weighted by molar-refractivity contribution is 0.124. The Morgan fingerprint density at radius 1 is 1.21 bits per heavy atom. The van der Waals surface area contributed by atoms with Gasteiger partial charge in [-0.25, -0.2) is 0 Å². The Labute approximate surface area is 87.1 Å². The van der Waals surface area contributed by atoms with Gasteiger partial charge in [0.05, 0.1) is 5.71 Å². The highest BCUT2D eigenvalue weighted by atomic mass is 16.6. The summed E-state index contributed by atoms with van der Waals surface area (Å²) in [6.45, 7) is 8.36. The molecule has 0 N–H and O–H groups in total. The molecule has 0 saturated carbocycles. The van der Waals surface area contributed by atoms with Crippen molar-refractivity contribution in [3.63, 3.8) is 0 Å². The molecule has 82 valence electrons. The number of piperidine rings is 1. The molecule has 14 heavy (non-hydrogen) atoms. The first kappa shape index (κ1) is 11.5. The van der Waals surface area contributed by atoms with Gasteiger partial charge in [-0.1, -0.05) is 11.6 Å². The van der Waals surface area contributed by atoms with Gasteiger partial charge in [-0.15, -0.1) is 0 Å². The zero-order valence-corrected chi connectivity index (χ0v) is 9.46. The summed E-state index contributed by atoms with van der Waals surface area (Å²) >= 11 is 0. The maximum atomic E-state index is 5.15. The summed E-state index contributed by atoms with van der Waals surface area (Å²) in [7, 11) is 0. The van der Waals surface area contributed by atoms with E-state index >= 15 is 0 Å². The van der Waals surface area contributed by atoms with E-state index in [1.807, 2.05) is 13.8 Å². The molecular formula is C11H22N2O. The molecule has 1 aliphatic rings. The summed E-state index contributed by atoms with van der Waals surface area (Å²) in [5.74, 6) is 0. The number of hydrogen-bond donors (Lipinski definition) is 0. The number of hydrogen-bond acceptors (Lipinski definition) is 3. The Hall–Kier alpha value is -0.570. The molecule has 0 aromatic rings. The monoisotopic (exact) mass is 198 g/mol. The lowest BCUT2D eigenvalue weighted by Gasteiger charge is -2.25. The molecule has 0 atom stereocenters. The number of likely N-dealkylation sites (tertiary alicyclic amines) is 1. The smallest absolute Gasteiger partial charge is 0.118 e. The van der Waals surface area contributed by atoms with Gasteiger partial charge in [0.25, 0.3) is 0 Å². The summed E-state index contributed by atoms with van der Waals surface area (Å²) in [5.41, 5.74) is 0.989. The van der Waals surface area contributed by atoms with Crippen molar-refractivity contribution in [2.75, 3.05) is 26.2 Å². The molecule has 0 amide bonds. The van der Waals surface area contributed by atoms with E-state index in [9.17, 15) is 0 Å². The minimum Gasteiger partial charge on any atom is -0.396 e. The molecule has 3 heteroatoms. The van der Waals surface area contributed by atoms with E-state index in [4.69, 9.17) is 4.84 Å². The van der Waals surface area contributed by atoms with Crippen LogP contribution in [0, 0.1) is 0 Å². The Bertz CT molecular complexity index is 170. The van der Waals surface area contributed by atoms with Crippen LogP contribution < -0.4 is 0 Å². The predicted octanol–water partition coefficient (Wildman–Crippen LogP) is 2.27. The van der Waals surface area contributed by atoms with Crippen LogP contribution in [0.3, 0.4) is 0 Å². The minimum atomic E-state index is 0.752. The lowest BCUT2D eigenvalue weighted by atomic mass is 10.1. The topological polar surface area (TPSA) is 24.8 Å². The van der Waals surface area contributed by atoms with Crippen LogP contribution in [0.15, 0.2) is 5.16 Å². The van der Waals surface area contributed by atoms with Crippen LogP contribution in [0.4, 0.5) is 0 Å². The van der Waals surface area contributed by atoms with Crippen molar-refractivity contribution in [3.05, 3.63) is 0 Å². The average molecular weight is 198 g/mol. The molecule has 3 nitrogen and oxygen atoms in total. The standard InChI is InChI=1S/C11H22N2O/c1-11(2)12-14-10-6-9-13-7-4-3-5-8-13/h3-10H2,1-2H3. The summed E-state index contributed by atoms with van der Waals surface area (Å²) in [5, 5.41) is 3.91. The van der Waals surface area contributed by atoms with Gasteiger partial charge in [0.1, 0.15) is 6.61 Å². The Kier molecular flexibility index (Phi) is 5.60. The second kappa shape index (κ2) is 6.82. The van der Waals surface area contributed by atoms with E-state index in [2.05, 4.69) is 10.1 Å². The van der Waals surface area contributed by atoms with Gasteiger partial charge >= 0.3 is 0 Å². The maximum Gasteiger partial charge on any atom is 0.118 e. The summed E-state index contributed by atoms with van der Waals surface area (Å²) in [4.78, 5) is 7.67. The molecule has 0 bridgehead atoms. The second-order valence-electron chi connectivity index (χ2n) is 4.13. The molecule has 0 aliphatic carbocycles. The van der Waals surface area contributed by atoms with Crippen LogP contribution >= 0.6 is 0 Å². The third kappa shape index (κ3) is 5.22. The van der Waals surface area contributed by atoms with Crippen LogP contribution in [0.2, 0.25) is 0 Å². The molecule has 1 aliphatic heterocycles. The van der Waals surface area contributed by atoms with Gasteiger partial charge in [0, 0.05) is 6.54 Å². The number of nitrogens with zero attached hydrogens (tertiary/aromatic N) is 2. The van der Waals surface area contributed by atoms with E-state index in [-0.39, 0.29) is 0 Å². The molecule has 0 unspecified atom stereocenters. The number of oxime groups is 1. The third-order valence-corrected chi connectivity index (χ3v) is 2.41. The van der Waals surface area contributed by atoms with Crippen molar-refractivity contribution in [2.45, 2.75) is 39.5 Å². The third-order valence-electron chi connectivity index (χ3n) is 2.41. The first-order valence-corrected chi connectivity index (χ1v) is 5.64. The second-order valence-corrected chi connectivity index (χ2v) is 4.13. The van der Waals surface area contributed by atoms with Gasteiger partial charge < -0.3 is 9.74 Å².